The summed E-state index contributed by atoms with van der Waals surface area (Å²) in [6, 6.07) is 6.39. The van der Waals surface area contributed by atoms with E-state index in [1.54, 1.807) is 55.9 Å². The number of carbonyl (C=O) groups is 4. The van der Waals surface area contributed by atoms with E-state index < -0.39 is 23.6 Å². The number of primary amides is 2. The predicted octanol–water partition coefficient (Wildman–Crippen LogP) is 1.61. The SMILES string of the molecule is CCn1nc(C)cc1C(=O)Nc1nc2cc(C(N)=O)cc3c2n1C/C=C/Cn1c(NC(=O)c2c(N)c(C)nn2CC)nc2cc(C(N)=O)c[n+](c21)N(C)CCCO3. The Labute approximate surface area is 325 Å². The zero-order chi connectivity index (χ0) is 40.7. The third-order valence-corrected chi connectivity index (χ3v) is 9.68. The molecule has 0 spiro atoms. The second-order valence-corrected chi connectivity index (χ2v) is 13.6. The Morgan fingerprint density at radius 1 is 0.842 bits per heavy atom. The fraction of sp³-hybridized carbons (Fsp3) is 0.324. The van der Waals surface area contributed by atoms with Gasteiger partial charge in [0.25, 0.3) is 17.7 Å². The first-order valence-electron chi connectivity index (χ1n) is 18.4. The molecule has 296 valence electrons. The first-order valence-corrected chi connectivity index (χ1v) is 18.4. The lowest BCUT2D eigenvalue weighted by molar-refractivity contribution is -0.667. The van der Waals surface area contributed by atoms with Crippen molar-refractivity contribution < 1.29 is 28.6 Å². The summed E-state index contributed by atoms with van der Waals surface area (Å²) < 4.78 is 14.8. The molecular formula is C37H44N15O5+. The summed E-state index contributed by atoms with van der Waals surface area (Å²) in [4.78, 5) is 62.0. The van der Waals surface area contributed by atoms with Gasteiger partial charge < -0.3 is 26.5 Å². The van der Waals surface area contributed by atoms with Crippen molar-refractivity contribution >= 4 is 63.4 Å². The molecule has 0 atom stereocenters. The number of pyridine rings is 1. The number of ether oxygens (including phenoxy) is 1. The highest BCUT2D eigenvalue weighted by atomic mass is 16.5. The quantitative estimate of drug-likeness (QED) is 0.110. The zero-order valence-electron chi connectivity index (χ0n) is 32.2. The van der Waals surface area contributed by atoms with Crippen LogP contribution in [0, 0.1) is 13.8 Å². The van der Waals surface area contributed by atoms with Crippen LogP contribution < -0.4 is 42.3 Å². The number of nitrogens with one attached hydrogen (secondary N) is 2. The van der Waals surface area contributed by atoms with Gasteiger partial charge in [-0.2, -0.15) is 19.7 Å². The van der Waals surface area contributed by atoms with Crippen LogP contribution in [0.3, 0.4) is 0 Å². The van der Waals surface area contributed by atoms with Crippen LogP contribution in [0.15, 0.2) is 42.6 Å². The van der Waals surface area contributed by atoms with Crippen molar-refractivity contribution in [2.45, 2.75) is 60.3 Å². The molecule has 8 N–H and O–H groups in total. The van der Waals surface area contributed by atoms with E-state index in [0.29, 0.717) is 71.1 Å². The number of imidazole rings is 2. The molecule has 0 bridgehead atoms. The summed E-state index contributed by atoms with van der Waals surface area (Å²) in [6.45, 7) is 9.17. The normalized spacial score (nSPS) is 13.9. The van der Waals surface area contributed by atoms with Crippen LogP contribution in [-0.2, 0) is 26.2 Å². The molecule has 1 aliphatic rings. The average Bonchev–Trinajstić information content (AvgIpc) is 3.91. The number of hydrogen-bond donors (Lipinski definition) is 5. The lowest BCUT2D eigenvalue weighted by Crippen LogP contribution is -2.57. The lowest BCUT2D eigenvalue weighted by Gasteiger charge is -2.18. The largest absolute Gasteiger partial charge is 0.491 e. The van der Waals surface area contributed by atoms with Gasteiger partial charge in [0.2, 0.25) is 11.9 Å². The molecule has 6 heterocycles. The van der Waals surface area contributed by atoms with Gasteiger partial charge in [-0.05, 0) is 58.0 Å². The molecule has 7 rings (SSSR count). The summed E-state index contributed by atoms with van der Waals surface area (Å²) in [5, 5.41) is 16.5. The van der Waals surface area contributed by atoms with Gasteiger partial charge in [0, 0.05) is 38.7 Å². The van der Waals surface area contributed by atoms with Gasteiger partial charge in [-0.25, -0.2) is 9.99 Å². The van der Waals surface area contributed by atoms with Gasteiger partial charge in [0.15, 0.2) is 5.52 Å². The van der Waals surface area contributed by atoms with Crippen LogP contribution in [0.1, 0.15) is 73.3 Å². The summed E-state index contributed by atoms with van der Waals surface area (Å²) in [5.74, 6) is -1.52. The third kappa shape index (κ3) is 7.07. The van der Waals surface area contributed by atoms with Crippen LogP contribution in [0.25, 0.3) is 22.2 Å². The van der Waals surface area contributed by atoms with E-state index in [1.807, 2.05) is 45.0 Å². The Morgan fingerprint density at radius 3 is 2.19 bits per heavy atom. The molecule has 1 aliphatic heterocycles. The van der Waals surface area contributed by atoms with Gasteiger partial charge in [0.1, 0.15) is 35.4 Å². The van der Waals surface area contributed by atoms with Gasteiger partial charge in [-0.3, -0.25) is 39.2 Å². The molecule has 20 nitrogen and oxygen atoms in total. The fourth-order valence-electron chi connectivity index (χ4n) is 6.90. The topological polar surface area (TPSA) is 258 Å². The number of nitrogens with zero attached hydrogens (tertiary/aromatic N) is 10. The van der Waals surface area contributed by atoms with Crippen molar-refractivity contribution in [2.75, 3.05) is 41.6 Å². The summed E-state index contributed by atoms with van der Waals surface area (Å²) in [5.41, 5.74) is 22.0. The van der Waals surface area contributed by atoms with Crippen molar-refractivity contribution in [1.29, 1.82) is 0 Å². The molecule has 0 radical (unpaired) electrons. The van der Waals surface area contributed by atoms with Gasteiger partial charge in [-0.15, -0.1) is 4.68 Å². The smallest absolute Gasteiger partial charge is 0.334 e. The molecule has 4 amide bonds. The van der Waals surface area contributed by atoms with E-state index in [2.05, 4.69) is 20.8 Å². The molecule has 0 saturated carbocycles. The number of allylic oxidation sites excluding steroid dienone is 2. The molecule has 0 unspecified atom stereocenters. The van der Waals surface area contributed by atoms with E-state index in [-0.39, 0.29) is 54.1 Å². The van der Waals surface area contributed by atoms with E-state index >= 15 is 0 Å². The maximum atomic E-state index is 13.8. The standard InChI is InChI=1S/C37H43N15O5/c1-6-50-26(15-20(3)45-50)33(55)43-36-41-24-16-22(31(39)53)18-27-29(24)48(36)12-8-9-13-49-35-25(17-23(32(40)54)19-52(35)47(5)11-10-14-57-27)42-37(49)44-34(56)30-28(38)21(4)46-51(30)7-2/h8-9,15-19H,6-7,10-14H2,1-5H3,(H7-,38,39,40,41,42,43,44,53,54,55,56)/p+1/b9-8+. The Kier molecular flexibility index (Phi) is 10.1. The van der Waals surface area contributed by atoms with E-state index in [4.69, 9.17) is 31.9 Å². The number of aryl methyl sites for hydroxylation is 4. The Balaban J connectivity index is 1.34. The molecule has 0 aliphatic carbocycles. The first-order chi connectivity index (χ1) is 27.3. The van der Waals surface area contributed by atoms with Crippen LogP contribution in [0.2, 0.25) is 0 Å². The minimum Gasteiger partial charge on any atom is -0.491 e. The number of nitrogens with two attached hydrogens (primary N) is 3. The molecule has 5 aromatic heterocycles. The number of amides is 4. The van der Waals surface area contributed by atoms with E-state index in [0.717, 1.165) is 0 Å². The number of nitrogen functional groups attached to an aromatic ring is 1. The predicted molar refractivity (Wildman–Crippen MR) is 211 cm³/mol. The summed E-state index contributed by atoms with van der Waals surface area (Å²) in [7, 11) is 1.83. The van der Waals surface area contributed by atoms with Crippen LogP contribution in [0.4, 0.5) is 17.6 Å². The van der Waals surface area contributed by atoms with Gasteiger partial charge >= 0.3 is 11.6 Å². The number of aromatic nitrogens is 9. The molecule has 6 aromatic rings. The number of hydrogen-bond acceptors (Lipinski definition) is 11. The maximum absolute atomic E-state index is 13.8. The zero-order valence-corrected chi connectivity index (χ0v) is 32.2. The molecule has 0 fully saturated rings. The number of rotatable bonds is 8. The minimum atomic E-state index is -0.667. The highest BCUT2D eigenvalue weighted by Crippen LogP contribution is 2.32. The van der Waals surface area contributed by atoms with E-state index in [1.165, 1.54) is 4.68 Å². The van der Waals surface area contributed by atoms with Crippen LogP contribution in [0.5, 0.6) is 5.75 Å². The summed E-state index contributed by atoms with van der Waals surface area (Å²) in [6.07, 6.45) is 5.81. The van der Waals surface area contributed by atoms with Crippen molar-refractivity contribution in [3.8, 4) is 5.75 Å². The van der Waals surface area contributed by atoms with Gasteiger partial charge in [0.05, 0.1) is 41.3 Å². The summed E-state index contributed by atoms with van der Waals surface area (Å²) >= 11 is 0. The highest BCUT2D eigenvalue weighted by molar-refractivity contribution is 6.07. The number of anilines is 3. The van der Waals surface area contributed by atoms with Crippen molar-refractivity contribution in [1.82, 2.24) is 38.7 Å². The minimum absolute atomic E-state index is 0.183. The maximum Gasteiger partial charge on any atom is 0.334 e. The van der Waals surface area contributed by atoms with Crippen molar-refractivity contribution in [2.24, 2.45) is 11.5 Å². The monoisotopic (exact) mass is 778 g/mol. The van der Waals surface area contributed by atoms with Crippen LogP contribution in [-0.4, -0.2) is 82.5 Å². The average molecular weight is 779 g/mol. The van der Waals surface area contributed by atoms with Crippen LogP contribution >= 0.6 is 0 Å². The van der Waals surface area contributed by atoms with Crippen molar-refractivity contribution in [3.63, 3.8) is 0 Å². The highest BCUT2D eigenvalue weighted by Gasteiger charge is 2.29. The number of carbonyl (C=O) groups excluding carboxylic acids is 4. The molecule has 0 saturated heterocycles. The fourth-order valence-corrected chi connectivity index (χ4v) is 6.90. The Morgan fingerprint density at radius 2 is 1.49 bits per heavy atom. The Hall–Kier alpha value is -7.25. The lowest BCUT2D eigenvalue weighted by atomic mass is 10.1. The number of benzene rings is 1. The molecule has 1 aromatic carbocycles. The molecular weight excluding hydrogens is 735 g/mol. The van der Waals surface area contributed by atoms with Crippen molar-refractivity contribution in [3.05, 3.63) is 76.5 Å². The molecule has 20 heteroatoms. The second kappa shape index (κ2) is 15.1. The second-order valence-electron chi connectivity index (χ2n) is 13.6. The van der Waals surface area contributed by atoms with E-state index in [9.17, 15) is 19.2 Å². The third-order valence-electron chi connectivity index (χ3n) is 9.68. The Bertz CT molecular complexity index is 2630. The first kappa shape index (κ1) is 38.0. The molecule has 57 heavy (non-hydrogen) atoms. The van der Waals surface area contributed by atoms with Gasteiger partial charge in [-0.1, -0.05) is 6.08 Å².